The van der Waals surface area contributed by atoms with Gasteiger partial charge in [-0.2, -0.15) is 0 Å². The Hall–Kier alpha value is -0.320. The average molecular weight is 330 g/mol. The number of rotatable bonds is 5. The molecule has 1 N–H and O–H groups in total. The summed E-state index contributed by atoms with van der Waals surface area (Å²) in [6, 6.07) is 0.688. The van der Waals surface area contributed by atoms with Crippen LogP contribution in [0, 0.1) is 11.8 Å². The van der Waals surface area contributed by atoms with Gasteiger partial charge >= 0.3 is 0 Å². The Morgan fingerprint density at radius 3 is 2.23 bits per heavy atom. The van der Waals surface area contributed by atoms with Gasteiger partial charge in [-0.05, 0) is 56.9 Å². The van der Waals surface area contributed by atoms with Gasteiger partial charge in [0.1, 0.15) is 0 Å². The van der Waals surface area contributed by atoms with Gasteiger partial charge in [-0.15, -0.1) is 12.4 Å². The lowest BCUT2D eigenvalue weighted by molar-refractivity contribution is -0.134. The van der Waals surface area contributed by atoms with Crippen LogP contribution >= 0.6 is 12.4 Å². The first-order chi connectivity index (χ1) is 10.2. The van der Waals surface area contributed by atoms with E-state index in [0.717, 1.165) is 38.0 Å². The summed E-state index contributed by atoms with van der Waals surface area (Å²) in [7, 11) is 0. The summed E-state index contributed by atoms with van der Waals surface area (Å²) >= 11 is 0. The third kappa shape index (κ3) is 5.39. The van der Waals surface area contributed by atoms with Gasteiger partial charge in [0.05, 0.1) is 6.54 Å². The number of carbonyl (C=O) groups is 1. The van der Waals surface area contributed by atoms with E-state index in [0.29, 0.717) is 18.5 Å². The number of piperidine rings is 2. The zero-order chi connectivity index (χ0) is 14.7. The van der Waals surface area contributed by atoms with Gasteiger partial charge in [-0.25, -0.2) is 0 Å². The molecule has 0 radical (unpaired) electrons. The largest absolute Gasteiger partial charge is 0.342 e. The van der Waals surface area contributed by atoms with E-state index in [2.05, 4.69) is 22.0 Å². The Labute approximate surface area is 141 Å². The molecule has 1 amide bonds. The maximum absolute atomic E-state index is 12.3. The van der Waals surface area contributed by atoms with E-state index in [4.69, 9.17) is 0 Å². The topological polar surface area (TPSA) is 35.6 Å². The van der Waals surface area contributed by atoms with Crippen molar-refractivity contribution in [2.24, 2.45) is 11.8 Å². The molecule has 3 fully saturated rings. The van der Waals surface area contributed by atoms with Crippen LogP contribution in [0.25, 0.3) is 0 Å². The zero-order valence-corrected chi connectivity index (χ0v) is 14.7. The number of hydrogen-bond acceptors (Lipinski definition) is 3. The van der Waals surface area contributed by atoms with Crippen molar-refractivity contribution < 1.29 is 4.79 Å². The van der Waals surface area contributed by atoms with E-state index < -0.39 is 0 Å². The summed E-state index contributed by atoms with van der Waals surface area (Å²) in [5.41, 5.74) is 0. The number of halogens is 1. The van der Waals surface area contributed by atoms with Crippen molar-refractivity contribution in [2.75, 3.05) is 39.3 Å². The molecule has 0 bridgehead atoms. The minimum atomic E-state index is 0. The van der Waals surface area contributed by atoms with Gasteiger partial charge in [-0.1, -0.05) is 6.92 Å². The van der Waals surface area contributed by atoms with Crippen molar-refractivity contribution in [2.45, 2.75) is 51.5 Å². The Morgan fingerprint density at radius 2 is 1.64 bits per heavy atom. The van der Waals surface area contributed by atoms with Crippen LogP contribution in [0.2, 0.25) is 0 Å². The normalized spacial score (nSPS) is 25.0. The van der Waals surface area contributed by atoms with Crippen LogP contribution in [0.3, 0.4) is 0 Å². The quantitative estimate of drug-likeness (QED) is 0.839. The van der Waals surface area contributed by atoms with Gasteiger partial charge in [0.2, 0.25) is 5.91 Å². The van der Waals surface area contributed by atoms with Crippen LogP contribution in [0.15, 0.2) is 0 Å². The Bertz CT molecular complexity index is 346. The zero-order valence-electron chi connectivity index (χ0n) is 13.9. The SMILES string of the molecule is CC1CCN(C(=O)CN2CCC(NCC3CC3)CC2)CC1.Cl. The smallest absolute Gasteiger partial charge is 0.236 e. The van der Waals surface area contributed by atoms with E-state index in [-0.39, 0.29) is 12.4 Å². The molecule has 2 aliphatic heterocycles. The van der Waals surface area contributed by atoms with Gasteiger partial charge in [0.25, 0.3) is 0 Å². The Kier molecular flexibility index (Phi) is 6.97. The van der Waals surface area contributed by atoms with Crippen molar-refractivity contribution in [1.82, 2.24) is 15.1 Å². The summed E-state index contributed by atoms with van der Waals surface area (Å²) in [5.74, 6) is 2.11. The minimum Gasteiger partial charge on any atom is -0.342 e. The van der Waals surface area contributed by atoms with Crippen LogP contribution in [-0.4, -0.2) is 61.0 Å². The number of amides is 1. The van der Waals surface area contributed by atoms with Crippen molar-refractivity contribution >= 4 is 18.3 Å². The number of nitrogens with one attached hydrogen (secondary N) is 1. The van der Waals surface area contributed by atoms with Crippen LogP contribution in [0.5, 0.6) is 0 Å². The molecule has 5 heteroatoms. The highest BCUT2D eigenvalue weighted by molar-refractivity contribution is 5.85. The molecule has 2 heterocycles. The second kappa shape index (κ2) is 8.51. The predicted octanol–water partition coefficient (Wildman–Crippen LogP) is 2.13. The van der Waals surface area contributed by atoms with E-state index in [1.807, 2.05) is 0 Å². The molecule has 4 nitrogen and oxygen atoms in total. The molecule has 1 saturated carbocycles. The molecule has 128 valence electrons. The second-order valence-electron chi connectivity index (χ2n) is 7.47. The predicted molar refractivity (Wildman–Crippen MR) is 92.4 cm³/mol. The molecule has 0 aromatic rings. The van der Waals surface area contributed by atoms with Gasteiger partial charge in [-0.3, -0.25) is 9.69 Å². The molecular weight excluding hydrogens is 298 g/mol. The van der Waals surface area contributed by atoms with Gasteiger partial charge in [0, 0.05) is 32.2 Å². The van der Waals surface area contributed by atoms with E-state index in [1.165, 1.54) is 45.1 Å². The Balaban J connectivity index is 0.00000176. The molecule has 2 saturated heterocycles. The number of nitrogens with zero attached hydrogens (tertiary/aromatic N) is 2. The second-order valence-corrected chi connectivity index (χ2v) is 7.47. The number of likely N-dealkylation sites (tertiary alicyclic amines) is 2. The standard InChI is InChI=1S/C17H31N3O.ClH/c1-14-4-10-20(11-5-14)17(21)13-19-8-6-16(7-9-19)18-12-15-2-3-15;/h14-16,18H,2-13H2,1H3;1H. The number of carbonyl (C=O) groups excluding carboxylic acids is 1. The van der Waals surface area contributed by atoms with Crippen LogP contribution < -0.4 is 5.32 Å². The molecular formula is C17H32ClN3O. The fourth-order valence-electron chi connectivity index (χ4n) is 3.50. The molecule has 0 atom stereocenters. The maximum Gasteiger partial charge on any atom is 0.236 e. The molecule has 1 aliphatic carbocycles. The summed E-state index contributed by atoms with van der Waals surface area (Å²) in [6.45, 7) is 8.26. The summed E-state index contributed by atoms with van der Waals surface area (Å²) < 4.78 is 0. The first-order valence-corrected chi connectivity index (χ1v) is 8.94. The van der Waals surface area contributed by atoms with E-state index in [1.54, 1.807) is 0 Å². The fourth-order valence-corrected chi connectivity index (χ4v) is 3.50. The first kappa shape index (κ1) is 18.0. The third-order valence-electron chi connectivity index (χ3n) is 5.47. The van der Waals surface area contributed by atoms with Crippen molar-refractivity contribution in [3.63, 3.8) is 0 Å². The Morgan fingerprint density at radius 1 is 1.00 bits per heavy atom. The summed E-state index contributed by atoms with van der Waals surface area (Å²) in [4.78, 5) is 16.8. The molecule has 22 heavy (non-hydrogen) atoms. The summed E-state index contributed by atoms with van der Waals surface area (Å²) in [6.07, 6.45) is 7.62. The molecule has 0 unspecified atom stereocenters. The molecule has 0 aromatic carbocycles. The van der Waals surface area contributed by atoms with E-state index in [9.17, 15) is 4.79 Å². The molecule has 0 aromatic heterocycles. The molecule has 0 spiro atoms. The van der Waals surface area contributed by atoms with Gasteiger partial charge in [0.15, 0.2) is 0 Å². The third-order valence-corrected chi connectivity index (χ3v) is 5.47. The highest BCUT2D eigenvalue weighted by Gasteiger charge is 2.26. The van der Waals surface area contributed by atoms with Crippen molar-refractivity contribution in [1.29, 1.82) is 0 Å². The van der Waals surface area contributed by atoms with Crippen LogP contribution in [0.4, 0.5) is 0 Å². The fraction of sp³-hybridized carbons (Fsp3) is 0.941. The molecule has 3 rings (SSSR count). The lowest BCUT2D eigenvalue weighted by Gasteiger charge is -2.35. The monoisotopic (exact) mass is 329 g/mol. The lowest BCUT2D eigenvalue weighted by atomic mass is 9.99. The maximum atomic E-state index is 12.3. The van der Waals surface area contributed by atoms with Crippen LogP contribution in [0.1, 0.15) is 45.4 Å². The van der Waals surface area contributed by atoms with Crippen molar-refractivity contribution in [3.8, 4) is 0 Å². The average Bonchev–Trinajstić information content (AvgIpc) is 3.31. The minimum absolute atomic E-state index is 0. The highest BCUT2D eigenvalue weighted by atomic mass is 35.5. The highest BCUT2D eigenvalue weighted by Crippen LogP contribution is 2.28. The van der Waals surface area contributed by atoms with Crippen LogP contribution in [-0.2, 0) is 4.79 Å². The lowest BCUT2D eigenvalue weighted by Crippen LogP contribution is -2.48. The first-order valence-electron chi connectivity index (χ1n) is 8.94. The summed E-state index contributed by atoms with van der Waals surface area (Å²) in [5, 5.41) is 3.70. The van der Waals surface area contributed by atoms with Gasteiger partial charge < -0.3 is 10.2 Å². The number of hydrogen-bond donors (Lipinski definition) is 1. The van der Waals surface area contributed by atoms with Crippen molar-refractivity contribution in [3.05, 3.63) is 0 Å². The van der Waals surface area contributed by atoms with E-state index >= 15 is 0 Å². The molecule has 3 aliphatic rings.